The lowest BCUT2D eigenvalue weighted by molar-refractivity contribution is 0.0342. The maximum absolute atomic E-state index is 11.1. The van der Waals surface area contributed by atoms with Crippen LogP contribution in [0.4, 0.5) is 0 Å². The van der Waals surface area contributed by atoms with Crippen LogP contribution in [-0.4, -0.2) is 78.5 Å². The number of aryl methyl sites for hydroxylation is 2. The summed E-state index contributed by atoms with van der Waals surface area (Å²) in [5.41, 5.74) is 20.0. The van der Waals surface area contributed by atoms with Gasteiger partial charge in [0.05, 0.1) is 66.8 Å². The van der Waals surface area contributed by atoms with Crippen LogP contribution in [0.3, 0.4) is 0 Å². The third kappa shape index (κ3) is 51.3. The molecule has 1 fully saturated rings. The van der Waals surface area contributed by atoms with Crippen molar-refractivity contribution in [2.75, 3.05) is 61.9 Å². The minimum Gasteiger partial charge on any atom is -0.497 e. The Morgan fingerprint density at radius 3 is 0.960 bits per heavy atom. The van der Waals surface area contributed by atoms with E-state index in [1.54, 1.807) is 47.5 Å². The van der Waals surface area contributed by atoms with Crippen molar-refractivity contribution in [3.63, 3.8) is 0 Å². The minimum atomic E-state index is -0.282. The van der Waals surface area contributed by atoms with E-state index in [-0.39, 0.29) is 63.7 Å². The molecule has 688 valence electrons. The molecule has 0 radical (unpaired) electrons. The van der Waals surface area contributed by atoms with E-state index in [0.717, 1.165) is 67.0 Å². The maximum atomic E-state index is 11.1. The van der Waals surface area contributed by atoms with Crippen LogP contribution in [0, 0.1) is 25.2 Å². The summed E-state index contributed by atoms with van der Waals surface area (Å²) in [6.45, 7) is 54.3. The predicted molar refractivity (Wildman–Crippen MR) is 545 cm³/mol. The van der Waals surface area contributed by atoms with Crippen molar-refractivity contribution in [1.82, 2.24) is 4.90 Å². The van der Waals surface area contributed by atoms with Crippen molar-refractivity contribution in [2.24, 2.45) is 0 Å². The number of methoxy groups -OCH3 is 5. The lowest BCUT2D eigenvalue weighted by Gasteiger charge is -2.26. The fraction of sp³-hybridized carbons (Fsp3) is 0.447. The van der Waals surface area contributed by atoms with Gasteiger partial charge in [0.15, 0.2) is 5.78 Å². The van der Waals surface area contributed by atoms with Crippen LogP contribution in [-0.2, 0) is 22.4 Å². The Hall–Kier alpha value is -10.1. The number of para-hydroxylation sites is 1. The van der Waals surface area contributed by atoms with Gasteiger partial charge in [-0.25, -0.2) is 4.79 Å². The van der Waals surface area contributed by atoms with Crippen molar-refractivity contribution < 1.29 is 38.0 Å². The first-order valence-electron chi connectivity index (χ1n) is 41.9. The average Bonchev–Trinajstić information content (AvgIpc) is 0.847. The molecule has 0 unspecified atom stereocenters. The molecule has 1 aliphatic rings. The normalized spacial score (nSPS) is 10.6. The largest absolute Gasteiger partial charge is 0.497 e. The molecule has 1 saturated heterocycles. The molecule has 1 heterocycles. The summed E-state index contributed by atoms with van der Waals surface area (Å²) in [5, 5.41) is 8.50. The average molecular weight is 1700 g/mol. The number of carbonyl (C=O) groups excluding carboxylic acids is 2. The van der Waals surface area contributed by atoms with Crippen LogP contribution in [0.15, 0.2) is 243 Å². The van der Waals surface area contributed by atoms with Gasteiger partial charge in [-0.05, 0) is 201 Å². The summed E-state index contributed by atoms with van der Waals surface area (Å²) in [4.78, 5) is 24.5. The Labute approximate surface area is 761 Å². The molecule has 0 aliphatic carbocycles. The van der Waals surface area contributed by atoms with Gasteiger partial charge in [0.1, 0.15) is 23.0 Å². The smallest absolute Gasteiger partial charge is 0.337 e. The molecular formula is C114H174N2O8. The number of esters is 1. The molecule has 0 atom stereocenters. The monoisotopic (exact) mass is 1700 g/mol. The Kier molecular flexibility index (Phi) is 70.7. The molecular weight excluding hydrogens is 1530 g/mol. The van der Waals surface area contributed by atoms with Crippen molar-refractivity contribution in [3.05, 3.63) is 332 Å². The number of rotatable bonds is 19. The van der Waals surface area contributed by atoms with Crippen molar-refractivity contribution in [1.29, 1.82) is 5.26 Å². The highest BCUT2D eigenvalue weighted by Crippen LogP contribution is 2.27. The van der Waals surface area contributed by atoms with Gasteiger partial charge in [-0.15, -0.1) is 0 Å². The molecule has 0 aromatic heterocycles. The number of nitriles is 1. The SMILES string of the molecule is C.C.C.C.C.C.C.CC(=O)c1ccc(C(C)C)cc1.CC(C)c1ccc(CN2CCOCC2)cc1.CC(C)c1cccc(CC#N)c1.COC(=O)c1ccc(C(C)C)cc1.COc1ccc(C(C)C)cc1.COc1ccc(C(C)C)cc1.COc1cccc(C(C)C)c1.COc1ccccc1C(C)C.Cc1ccc(C(C)C)cc1.Cc1ccc(C(C)C)cc1. The van der Waals surface area contributed by atoms with Crippen LogP contribution in [0.2, 0.25) is 0 Å². The van der Waals surface area contributed by atoms with E-state index < -0.39 is 0 Å². The van der Waals surface area contributed by atoms with Crippen LogP contribution >= 0.6 is 0 Å². The highest BCUT2D eigenvalue weighted by molar-refractivity contribution is 5.94. The third-order valence-electron chi connectivity index (χ3n) is 19.6. The Bertz CT molecular complexity index is 4190. The first kappa shape index (κ1) is 125. The second-order valence-corrected chi connectivity index (χ2v) is 32.4. The van der Waals surface area contributed by atoms with Crippen LogP contribution in [0.1, 0.15) is 355 Å². The number of benzene rings is 10. The highest BCUT2D eigenvalue weighted by atomic mass is 16.5. The zero-order valence-corrected chi connectivity index (χ0v) is 76.8. The molecule has 1 aliphatic heterocycles. The van der Waals surface area contributed by atoms with Gasteiger partial charge in [0, 0.05) is 25.2 Å². The summed E-state index contributed by atoms with van der Waals surface area (Å²) in [5.74, 6) is 9.43. The van der Waals surface area contributed by atoms with E-state index in [4.69, 9.17) is 28.9 Å². The molecule has 0 N–H and O–H groups in total. The molecule has 124 heavy (non-hydrogen) atoms. The molecule has 0 amide bonds. The molecule has 0 saturated carbocycles. The number of carbonyl (C=O) groups is 2. The molecule has 10 heteroatoms. The Morgan fingerprint density at radius 1 is 0.339 bits per heavy atom. The van der Waals surface area contributed by atoms with E-state index in [1.807, 2.05) is 103 Å². The van der Waals surface area contributed by atoms with Gasteiger partial charge < -0.3 is 28.4 Å². The summed E-state index contributed by atoms with van der Waals surface area (Å²) < 4.78 is 30.4. The van der Waals surface area contributed by atoms with Gasteiger partial charge in [0.25, 0.3) is 0 Å². The third-order valence-corrected chi connectivity index (χ3v) is 19.6. The zero-order chi connectivity index (χ0) is 87.5. The molecule has 11 rings (SSSR count). The van der Waals surface area contributed by atoms with Gasteiger partial charge in [0.2, 0.25) is 0 Å². The van der Waals surface area contributed by atoms with E-state index in [9.17, 15) is 9.59 Å². The van der Waals surface area contributed by atoms with Crippen molar-refractivity contribution in [2.45, 2.75) is 283 Å². The molecule has 10 nitrogen and oxygen atoms in total. The standard InChI is InChI=1S/C14H21NO.C11H13N.C11H14O2.C11H14O.4C10H14O.2C10H14.7CH4/c1-12(2)14-5-3-13(4-6-14)11-15-7-9-16-10-8-15;1-9(2)11-5-3-4-10(8-11)6-7-12;1-8(2)9-4-6-10(7-5-9)11(12)13-3;1-8(2)10-4-6-11(7-5-10)9(3)12;2*1-8(2)9-4-6-10(11-3)7-5-9;1-8(2)9-5-4-6-10(7-9)11-3;1-8(2)9-6-4-5-7-10(9)11-3;2*1-8(2)10-6-4-9(3)5-7-10;;;;;;;/h3-6,12H,7-11H2,1-2H3;3-5,8-9H,6H2,1-2H3;4-8H,1-3H3;4-8H,1-3H3;4*4-8H,1-3H3;2*4-8H,1-3H3;7*1H4. The summed E-state index contributed by atoms with van der Waals surface area (Å²) in [6.07, 6.45) is 0.514. The Morgan fingerprint density at radius 2 is 0.653 bits per heavy atom. The lowest BCUT2D eigenvalue weighted by Crippen LogP contribution is -2.35. The number of hydrogen-bond acceptors (Lipinski definition) is 10. The van der Waals surface area contributed by atoms with E-state index in [2.05, 4.69) is 295 Å². The van der Waals surface area contributed by atoms with Crippen LogP contribution < -0.4 is 18.9 Å². The fourth-order valence-corrected chi connectivity index (χ4v) is 11.4. The summed E-state index contributed by atoms with van der Waals surface area (Å²) in [6, 6.07) is 84.8. The molecule has 0 bridgehead atoms. The second-order valence-electron chi connectivity index (χ2n) is 32.4. The first-order chi connectivity index (χ1) is 55.6. The van der Waals surface area contributed by atoms with Crippen molar-refractivity contribution in [3.8, 4) is 29.1 Å². The van der Waals surface area contributed by atoms with E-state index in [1.165, 1.54) is 79.4 Å². The summed E-state index contributed by atoms with van der Waals surface area (Å²) in [7, 11) is 8.16. The van der Waals surface area contributed by atoms with Crippen molar-refractivity contribution >= 4 is 11.8 Å². The predicted octanol–water partition coefficient (Wildman–Crippen LogP) is 33.1. The quantitative estimate of drug-likeness (QED) is 0.0572. The van der Waals surface area contributed by atoms with Gasteiger partial charge in [-0.3, -0.25) is 9.69 Å². The van der Waals surface area contributed by atoms with Crippen LogP contribution in [0.25, 0.3) is 0 Å². The number of nitrogens with zero attached hydrogens (tertiary/aromatic N) is 2. The number of Topliss-reactive ketones (excluding diaryl/α,β-unsaturated/α-hetero) is 1. The highest BCUT2D eigenvalue weighted by Gasteiger charge is 2.12. The summed E-state index contributed by atoms with van der Waals surface area (Å²) >= 11 is 0. The number of ether oxygens (including phenoxy) is 6. The van der Waals surface area contributed by atoms with E-state index >= 15 is 0 Å². The number of hydrogen-bond donors (Lipinski definition) is 0. The fourth-order valence-electron chi connectivity index (χ4n) is 11.4. The van der Waals surface area contributed by atoms with Crippen LogP contribution in [0.5, 0.6) is 23.0 Å². The van der Waals surface area contributed by atoms with Gasteiger partial charge in [-0.2, -0.15) is 5.26 Å². The lowest BCUT2D eigenvalue weighted by atomic mass is 10.0. The zero-order valence-electron chi connectivity index (χ0n) is 76.8. The minimum absolute atomic E-state index is 0. The first-order valence-corrected chi connectivity index (χ1v) is 41.9. The van der Waals surface area contributed by atoms with Gasteiger partial charge >= 0.3 is 5.97 Å². The molecule has 10 aromatic carbocycles. The molecule has 0 spiro atoms. The molecule has 10 aromatic rings. The number of ketones is 1. The Balaban J connectivity index is -0.000000311. The topological polar surface area (TPSA) is 117 Å². The number of morpholine rings is 1. The van der Waals surface area contributed by atoms with E-state index in [0.29, 0.717) is 71.2 Å². The second kappa shape index (κ2) is 70.3. The van der Waals surface area contributed by atoms with Gasteiger partial charge in [-0.1, -0.05) is 390 Å². The maximum Gasteiger partial charge on any atom is 0.337 e.